The van der Waals surface area contributed by atoms with Gasteiger partial charge >= 0.3 is 5.97 Å². The summed E-state index contributed by atoms with van der Waals surface area (Å²) in [5, 5.41) is 12.6. The lowest BCUT2D eigenvalue weighted by atomic mass is 9.99. The highest BCUT2D eigenvalue weighted by Crippen LogP contribution is 2.21. The largest absolute Gasteiger partial charge is 0.481 e. The summed E-state index contributed by atoms with van der Waals surface area (Å²) in [6.07, 6.45) is 2.02. The van der Waals surface area contributed by atoms with E-state index >= 15 is 0 Å². The van der Waals surface area contributed by atoms with Crippen molar-refractivity contribution < 1.29 is 9.90 Å². The minimum Gasteiger partial charge on any atom is -0.481 e. The quantitative estimate of drug-likeness (QED) is 0.796. The Morgan fingerprint density at radius 3 is 2.60 bits per heavy atom. The van der Waals surface area contributed by atoms with Crippen molar-refractivity contribution in [1.82, 2.24) is 0 Å². The van der Waals surface area contributed by atoms with Gasteiger partial charge in [-0.2, -0.15) is 0 Å². The average Bonchev–Trinajstić information content (AvgIpc) is 2.48. The number of carboxylic acids is 1. The molecule has 1 unspecified atom stereocenters. The summed E-state index contributed by atoms with van der Waals surface area (Å²) < 4.78 is 0. The molecule has 20 heavy (non-hydrogen) atoms. The molecule has 0 aliphatic heterocycles. The zero-order valence-corrected chi connectivity index (χ0v) is 12.1. The monoisotopic (exact) mass is 287 g/mol. The fraction of sp³-hybridized carbons (Fsp3) is 0.188. The molecule has 0 aliphatic rings. The van der Waals surface area contributed by atoms with Crippen LogP contribution in [0.25, 0.3) is 0 Å². The highest BCUT2D eigenvalue weighted by atomic mass is 32.2. The predicted octanol–water partition coefficient (Wildman–Crippen LogP) is 3.69. The fourth-order valence-electron chi connectivity index (χ4n) is 1.99. The van der Waals surface area contributed by atoms with Gasteiger partial charge in [0.15, 0.2) is 0 Å². The van der Waals surface area contributed by atoms with Crippen molar-refractivity contribution in [3.8, 4) is 0 Å². The number of carbonyl (C=O) groups is 1. The molecule has 0 aromatic heterocycles. The number of rotatable bonds is 6. The van der Waals surface area contributed by atoms with E-state index < -0.39 is 11.9 Å². The Balaban J connectivity index is 2.08. The van der Waals surface area contributed by atoms with Gasteiger partial charge in [0.1, 0.15) is 0 Å². The van der Waals surface area contributed by atoms with Crippen molar-refractivity contribution >= 4 is 23.4 Å². The predicted molar refractivity (Wildman–Crippen MR) is 83.5 cm³/mol. The summed E-state index contributed by atoms with van der Waals surface area (Å²) in [4.78, 5) is 12.6. The van der Waals surface area contributed by atoms with Crippen molar-refractivity contribution in [3.63, 3.8) is 0 Å². The van der Waals surface area contributed by atoms with Gasteiger partial charge in [0.25, 0.3) is 0 Å². The van der Waals surface area contributed by atoms with E-state index in [4.69, 9.17) is 0 Å². The molecule has 0 spiro atoms. The maximum atomic E-state index is 11.4. The lowest BCUT2D eigenvalue weighted by Gasteiger charge is -2.15. The number of thioether (sulfide) groups is 1. The van der Waals surface area contributed by atoms with E-state index in [1.807, 2.05) is 60.9 Å². The second-order valence-corrected chi connectivity index (χ2v) is 5.29. The van der Waals surface area contributed by atoms with Gasteiger partial charge < -0.3 is 10.4 Å². The minimum absolute atomic E-state index is 0.372. The third-order valence-electron chi connectivity index (χ3n) is 3.08. The van der Waals surface area contributed by atoms with E-state index in [0.29, 0.717) is 6.54 Å². The molecule has 3 nitrogen and oxygen atoms in total. The molecule has 4 heteroatoms. The molecule has 2 rings (SSSR count). The normalized spacial score (nSPS) is 11.8. The van der Waals surface area contributed by atoms with E-state index in [9.17, 15) is 9.90 Å². The highest BCUT2D eigenvalue weighted by molar-refractivity contribution is 7.98. The summed E-state index contributed by atoms with van der Waals surface area (Å²) in [6, 6.07) is 17.3. The molecule has 2 aromatic carbocycles. The molecule has 0 bridgehead atoms. The Hall–Kier alpha value is -1.94. The zero-order valence-electron chi connectivity index (χ0n) is 11.2. The van der Waals surface area contributed by atoms with Gasteiger partial charge in [-0.15, -0.1) is 11.8 Å². The number of hydrogen-bond donors (Lipinski definition) is 2. The van der Waals surface area contributed by atoms with Crippen molar-refractivity contribution in [1.29, 1.82) is 0 Å². The average molecular weight is 287 g/mol. The van der Waals surface area contributed by atoms with Crippen LogP contribution >= 0.6 is 11.8 Å². The second-order valence-electron chi connectivity index (χ2n) is 4.41. The standard InChI is InChI=1S/C16H17NO2S/c1-20-14-9-5-8-13(10-14)17-11-15(16(18)19)12-6-3-2-4-7-12/h2-10,15,17H,11H2,1H3,(H,18,19). The maximum Gasteiger partial charge on any atom is 0.312 e. The highest BCUT2D eigenvalue weighted by Gasteiger charge is 2.19. The molecule has 2 aromatic rings. The Kier molecular flexibility index (Phi) is 5.07. The zero-order chi connectivity index (χ0) is 14.4. The first-order valence-corrected chi connectivity index (χ1v) is 7.59. The van der Waals surface area contributed by atoms with Crippen LogP contribution in [0.2, 0.25) is 0 Å². The maximum absolute atomic E-state index is 11.4. The van der Waals surface area contributed by atoms with Crippen LogP contribution in [0.5, 0.6) is 0 Å². The van der Waals surface area contributed by atoms with Gasteiger partial charge in [0.2, 0.25) is 0 Å². The lowest BCUT2D eigenvalue weighted by molar-refractivity contribution is -0.138. The third kappa shape index (κ3) is 3.78. The summed E-state index contributed by atoms with van der Waals surface area (Å²) in [7, 11) is 0. The van der Waals surface area contributed by atoms with Crippen LogP contribution in [-0.2, 0) is 4.79 Å². The van der Waals surface area contributed by atoms with Gasteiger partial charge in [0.05, 0.1) is 5.92 Å². The molecule has 2 N–H and O–H groups in total. The van der Waals surface area contributed by atoms with Crippen molar-refractivity contribution in [2.75, 3.05) is 18.1 Å². The Labute approximate surface area is 123 Å². The fourth-order valence-corrected chi connectivity index (χ4v) is 2.45. The van der Waals surface area contributed by atoms with E-state index in [1.165, 1.54) is 0 Å². The molecule has 0 amide bonds. The number of hydrogen-bond acceptors (Lipinski definition) is 3. The van der Waals surface area contributed by atoms with Gasteiger partial charge in [-0.25, -0.2) is 0 Å². The third-order valence-corrected chi connectivity index (χ3v) is 3.81. The molecule has 0 saturated heterocycles. The molecule has 0 fully saturated rings. The van der Waals surface area contributed by atoms with E-state index in [0.717, 1.165) is 16.1 Å². The smallest absolute Gasteiger partial charge is 0.312 e. The molecule has 0 aliphatic carbocycles. The summed E-state index contributed by atoms with van der Waals surface area (Å²) in [6.45, 7) is 0.372. The van der Waals surface area contributed by atoms with Crippen LogP contribution < -0.4 is 5.32 Å². The first-order valence-electron chi connectivity index (χ1n) is 6.36. The van der Waals surface area contributed by atoms with Crippen molar-refractivity contribution in [3.05, 3.63) is 60.2 Å². The van der Waals surface area contributed by atoms with Crippen LogP contribution in [0, 0.1) is 0 Å². The van der Waals surface area contributed by atoms with Gasteiger partial charge in [0, 0.05) is 17.1 Å². The van der Waals surface area contributed by atoms with Crippen molar-refractivity contribution in [2.45, 2.75) is 10.8 Å². The van der Waals surface area contributed by atoms with Crippen LogP contribution in [0.15, 0.2) is 59.5 Å². The Bertz CT molecular complexity index is 572. The Morgan fingerprint density at radius 2 is 1.95 bits per heavy atom. The number of anilines is 1. The van der Waals surface area contributed by atoms with Crippen LogP contribution in [0.4, 0.5) is 5.69 Å². The number of aliphatic carboxylic acids is 1. The number of carboxylic acid groups (broad SMARTS) is 1. The van der Waals surface area contributed by atoms with E-state index in [1.54, 1.807) is 11.8 Å². The molecule has 0 saturated carbocycles. The molecule has 1 atom stereocenters. The molecule has 104 valence electrons. The topological polar surface area (TPSA) is 49.3 Å². The van der Waals surface area contributed by atoms with Gasteiger partial charge in [-0.05, 0) is 30.0 Å². The summed E-state index contributed by atoms with van der Waals surface area (Å²) in [5.41, 5.74) is 1.76. The SMILES string of the molecule is CSc1cccc(NCC(C(=O)O)c2ccccc2)c1. The number of benzene rings is 2. The van der Waals surface area contributed by atoms with Crippen LogP contribution in [-0.4, -0.2) is 23.9 Å². The van der Waals surface area contributed by atoms with Crippen LogP contribution in [0.3, 0.4) is 0 Å². The van der Waals surface area contributed by atoms with Crippen molar-refractivity contribution in [2.24, 2.45) is 0 Å². The Morgan fingerprint density at radius 1 is 1.20 bits per heavy atom. The minimum atomic E-state index is -0.815. The molecule has 0 heterocycles. The molecule has 0 radical (unpaired) electrons. The molecular formula is C16H17NO2S. The summed E-state index contributed by atoms with van der Waals surface area (Å²) >= 11 is 1.66. The number of nitrogens with one attached hydrogen (secondary N) is 1. The van der Waals surface area contributed by atoms with Gasteiger partial charge in [-0.3, -0.25) is 4.79 Å². The second kappa shape index (κ2) is 7.01. The first kappa shape index (κ1) is 14.5. The van der Waals surface area contributed by atoms with Gasteiger partial charge in [-0.1, -0.05) is 36.4 Å². The van der Waals surface area contributed by atoms with E-state index in [-0.39, 0.29) is 0 Å². The first-order chi connectivity index (χ1) is 9.70. The van der Waals surface area contributed by atoms with Crippen LogP contribution in [0.1, 0.15) is 11.5 Å². The molecular weight excluding hydrogens is 270 g/mol. The lowest BCUT2D eigenvalue weighted by Crippen LogP contribution is -2.20. The summed E-state index contributed by atoms with van der Waals surface area (Å²) in [5.74, 6) is -1.36. The van der Waals surface area contributed by atoms with E-state index in [2.05, 4.69) is 5.32 Å².